The van der Waals surface area contributed by atoms with E-state index in [2.05, 4.69) is 6.92 Å². The first-order chi connectivity index (χ1) is 8.77. The van der Waals surface area contributed by atoms with Crippen LogP contribution in [-0.4, -0.2) is 11.1 Å². The van der Waals surface area contributed by atoms with Gasteiger partial charge in [-0.15, -0.1) is 0 Å². The number of hydrogen-bond acceptors (Lipinski definition) is 1. The minimum absolute atomic E-state index is 0.729. The number of unbranched alkanes of at least 4 members (excludes halogenated alkanes) is 12. The molecule has 0 aliphatic heterocycles. The third-order valence-corrected chi connectivity index (χ3v) is 3.38. The maximum absolute atomic E-state index is 10.2. The molecule has 0 aliphatic carbocycles. The molecule has 1 radical (unpaired) electrons. The summed E-state index contributed by atoms with van der Waals surface area (Å²) in [4.78, 5) is 10.2. The molecule has 18 heavy (non-hydrogen) atoms. The molecular weight excluding hydrogens is 224 g/mol. The summed E-state index contributed by atoms with van der Waals surface area (Å²) in [7, 11) is 0. The Morgan fingerprint density at radius 2 is 1.17 bits per heavy atom. The third-order valence-electron chi connectivity index (χ3n) is 3.38. The summed E-state index contributed by atoms with van der Waals surface area (Å²) in [5.41, 5.74) is 0. The predicted octanol–water partition coefficient (Wildman–Crippen LogP) is 5.37. The van der Waals surface area contributed by atoms with E-state index in [-0.39, 0.29) is 0 Å². The molecule has 0 heterocycles. The van der Waals surface area contributed by atoms with Crippen LogP contribution in [-0.2, 0) is 4.79 Å². The van der Waals surface area contributed by atoms with Gasteiger partial charge in [0, 0.05) is 0 Å². The van der Waals surface area contributed by atoms with Crippen LogP contribution in [0, 0.1) is 6.42 Å². The third kappa shape index (κ3) is 15.5. The van der Waals surface area contributed by atoms with Crippen molar-refractivity contribution in [2.45, 2.75) is 90.4 Å². The van der Waals surface area contributed by atoms with Gasteiger partial charge in [-0.25, -0.2) is 0 Å². The molecule has 0 fully saturated rings. The van der Waals surface area contributed by atoms with Crippen molar-refractivity contribution in [1.82, 2.24) is 0 Å². The fourth-order valence-electron chi connectivity index (χ4n) is 2.21. The van der Waals surface area contributed by atoms with Crippen LogP contribution in [0.5, 0.6) is 0 Å². The molecule has 0 unspecified atom stereocenters. The van der Waals surface area contributed by atoms with E-state index in [9.17, 15) is 4.79 Å². The molecule has 0 saturated heterocycles. The second-order valence-electron chi connectivity index (χ2n) is 5.22. The Morgan fingerprint density at radius 3 is 1.56 bits per heavy atom. The highest BCUT2D eigenvalue weighted by Crippen LogP contribution is 2.12. The molecule has 0 amide bonds. The van der Waals surface area contributed by atoms with E-state index >= 15 is 0 Å². The van der Waals surface area contributed by atoms with E-state index < -0.39 is 5.97 Å². The highest BCUT2D eigenvalue weighted by atomic mass is 16.4. The monoisotopic (exact) mass is 255 g/mol. The number of aliphatic carboxylic acids is 1. The van der Waals surface area contributed by atoms with E-state index in [0.29, 0.717) is 0 Å². The Hall–Kier alpha value is -0.530. The van der Waals surface area contributed by atoms with Crippen molar-refractivity contribution in [2.24, 2.45) is 0 Å². The molecule has 0 aliphatic rings. The minimum Gasteiger partial charge on any atom is -0.481 e. The van der Waals surface area contributed by atoms with Crippen LogP contribution in [0.4, 0.5) is 0 Å². The van der Waals surface area contributed by atoms with Gasteiger partial charge in [-0.3, -0.25) is 4.79 Å². The molecule has 0 saturated carbocycles. The van der Waals surface area contributed by atoms with Crippen molar-refractivity contribution in [3.63, 3.8) is 0 Å². The van der Waals surface area contributed by atoms with Gasteiger partial charge in [-0.1, -0.05) is 84.0 Å². The summed E-state index contributed by atoms with van der Waals surface area (Å²) in [5, 5.41) is 8.44. The summed E-state index contributed by atoms with van der Waals surface area (Å²) in [6, 6.07) is 0. The molecule has 0 atom stereocenters. The van der Waals surface area contributed by atoms with Crippen molar-refractivity contribution in [1.29, 1.82) is 0 Å². The molecule has 0 rings (SSSR count). The van der Waals surface area contributed by atoms with Gasteiger partial charge in [0.05, 0.1) is 6.42 Å². The van der Waals surface area contributed by atoms with E-state index in [1.54, 1.807) is 0 Å². The van der Waals surface area contributed by atoms with Crippen molar-refractivity contribution >= 4 is 5.97 Å². The summed E-state index contributed by atoms with van der Waals surface area (Å²) < 4.78 is 0. The van der Waals surface area contributed by atoms with Gasteiger partial charge in [0.2, 0.25) is 0 Å². The zero-order chi connectivity index (χ0) is 13.5. The van der Waals surface area contributed by atoms with Crippen LogP contribution in [0.2, 0.25) is 0 Å². The van der Waals surface area contributed by atoms with Gasteiger partial charge in [-0.05, 0) is 6.42 Å². The predicted molar refractivity (Wildman–Crippen MR) is 77.6 cm³/mol. The van der Waals surface area contributed by atoms with Crippen LogP contribution in [0.15, 0.2) is 0 Å². The lowest BCUT2D eigenvalue weighted by Crippen LogP contribution is -1.94. The minimum atomic E-state index is -0.780. The van der Waals surface area contributed by atoms with Crippen molar-refractivity contribution in [2.75, 3.05) is 0 Å². The molecule has 0 aromatic heterocycles. The highest BCUT2D eigenvalue weighted by molar-refractivity contribution is 5.76. The zero-order valence-corrected chi connectivity index (χ0v) is 12.1. The van der Waals surface area contributed by atoms with Gasteiger partial charge in [0.15, 0.2) is 0 Å². The molecule has 1 N–H and O–H groups in total. The maximum Gasteiger partial charge on any atom is 0.307 e. The number of hydrogen-bond donors (Lipinski definition) is 1. The Morgan fingerprint density at radius 1 is 0.778 bits per heavy atom. The first-order valence-electron chi connectivity index (χ1n) is 7.83. The lowest BCUT2D eigenvalue weighted by Gasteiger charge is -2.02. The first kappa shape index (κ1) is 17.5. The summed E-state index contributed by atoms with van der Waals surface area (Å²) >= 11 is 0. The van der Waals surface area contributed by atoms with Crippen LogP contribution >= 0.6 is 0 Å². The van der Waals surface area contributed by atoms with Crippen molar-refractivity contribution in [3.8, 4) is 0 Å². The molecule has 0 aromatic rings. The second kappa shape index (κ2) is 14.5. The summed E-state index contributed by atoms with van der Waals surface area (Å²) in [5.74, 6) is -0.780. The van der Waals surface area contributed by atoms with E-state index in [1.807, 2.05) is 0 Å². The summed E-state index contributed by atoms with van der Waals surface area (Å²) in [6.45, 7) is 2.26. The van der Waals surface area contributed by atoms with Gasteiger partial charge >= 0.3 is 5.97 Å². The van der Waals surface area contributed by atoms with Gasteiger partial charge in [0.1, 0.15) is 0 Å². The maximum atomic E-state index is 10.2. The van der Waals surface area contributed by atoms with Crippen LogP contribution < -0.4 is 0 Å². The fourth-order valence-corrected chi connectivity index (χ4v) is 2.21. The zero-order valence-electron chi connectivity index (χ0n) is 12.1. The number of carboxylic acid groups (broad SMARTS) is 1. The number of carboxylic acids is 1. The average Bonchev–Trinajstić information content (AvgIpc) is 2.34. The number of rotatable bonds is 14. The van der Waals surface area contributed by atoms with Crippen LogP contribution in [0.1, 0.15) is 90.4 Å². The van der Waals surface area contributed by atoms with Crippen LogP contribution in [0.3, 0.4) is 0 Å². The van der Waals surface area contributed by atoms with Crippen molar-refractivity contribution in [3.05, 3.63) is 6.42 Å². The fraction of sp³-hybridized carbons (Fsp3) is 0.875. The molecule has 2 heteroatoms. The second-order valence-corrected chi connectivity index (χ2v) is 5.22. The van der Waals surface area contributed by atoms with E-state index in [1.165, 1.54) is 77.0 Å². The smallest absolute Gasteiger partial charge is 0.307 e. The van der Waals surface area contributed by atoms with Crippen molar-refractivity contribution < 1.29 is 9.90 Å². The largest absolute Gasteiger partial charge is 0.481 e. The number of carbonyl (C=O) groups is 1. The molecule has 107 valence electrons. The SMILES string of the molecule is CCCCCCCCCCCCCC[CH]C(=O)O. The molecular formula is C16H31O2. The standard InChI is InChI=1S/C16H31O2/c1-2-3-4-5-6-7-8-9-10-11-12-13-14-15-16(17)18/h15H,2-14H2,1H3,(H,17,18). The Labute approximate surface area is 113 Å². The Balaban J connectivity index is 2.92. The Kier molecular flexibility index (Phi) is 14.1. The quantitative estimate of drug-likeness (QED) is 0.424. The van der Waals surface area contributed by atoms with Gasteiger partial charge in [0.25, 0.3) is 0 Å². The van der Waals surface area contributed by atoms with Crippen LogP contribution in [0.25, 0.3) is 0 Å². The lowest BCUT2D eigenvalue weighted by atomic mass is 10.0. The highest BCUT2D eigenvalue weighted by Gasteiger charge is 1.97. The molecule has 0 bridgehead atoms. The van der Waals surface area contributed by atoms with E-state index in [0.717, 1.165) is 12.8 Å². The normalized spacial score (nSPS) is 10.7. The first-order valence-corrected chi connectivity index (χ1v) is 7.83. The average molecular weight is 255 g/mol. The Bertz CT molecular complexity index is 178. The lowest BCUT2D eigenvalue weighted by molar-refractivity contribution is -0.133. The topological polar surface area (TPSA) is 37.3 Å². The van der Waals surface area contributed by atoms with Gasteiger partial charge in [-0.2, -0.15) is 0 Å². The van der Waals surface area contributed by atoms with E-state index in [4.69, 9.17) is 5.11 Å². The molecule has 0 spiro atoms. The molecule has 2 nitrogen and oxygen atoms in total. The molecule has 0 aromatic carbocycles. The van der Waals surface area contributed by atoms with Gasteiger partial charge < -0.3 is 5.11 Å². The summed E-state index contributed by atoms with van der Waals surface area (Å²) in [6.07, 6.45) is 18.0.